The van der Waals surface area contributed by atoms with Crippen molar-refractivity contribution in [2.45, 2.75) is 18.9 Å². The number of fused-ring (bicyclic) bond motifs is 3. The van der Waals surface area contributed by atoms with Gasteiger partial charge in [0, 0.05) is 30.8 Å². The minimum Gasteiger partial charge on any atom is -0.483 e. The molecular formula is C21H26N4O5. The second kappa shape index (κ2) is 9.53. The van der Waals surface area contributed by atoms with Gasteiger partial charge in [-0.3, -0.25) is 14.3 Å². The molecule has 4 heterocycles. The topological polar surface area (TPSA) is 114 Å². The molecule has 2 N–H and O–H groups in total. The van der Waals surface area contributed by atoms with Gasteiger partial charge in [-0.05, 0) is 49.5 Å². The molecule has 3 aliphatic rings. The number of nitrogens with zero attached hydrogens (tertiary/aromatic N) is 3. The van der Waals surface area contributed by atoms with Crippen molar-refractivity contribution in [1.82, 2.24) is 20.0 Å². The number of hydrogen-bond acceptors (Lipinski definition) is 6. The number of methoxy groups -OCH3 is 1. The molecule has 1 amide bonds. The van der Waals surface area contributed by atoms with Crippen LogP contribution < -0.4 is 5.32 Å². The van der Waals surface area contributed by atoms with Crippen LogP contribution in [0, 0.1) is 5.92 Å². The molecule has 2 aromatic rings. The van der Waals surface area contributed by atoms with Crippen LogP contribution in [0.3, 0.4) is 0 Å². The van der Waals surface area contributed by atoms with Gasteiger partial charge in [0.2, 0.25) is 0 Å². The summed E-state index contributed by atoms with van der Waals surface area (Å²) in [7, 11) is 3.05. The van der Waals surface area contributed by atoms with Gasteiger partial charge in [-0.2, -0.15) is 5.10 Å². The fourth-order valence-corrected chi connectivity index (χ4v) is 4.17. The van der Waals surface area contributed by atoms with Gasteiger partial charge in [0.15, 0.2) is 5.69 Å². The van der Waals surface area contributed by atoms with E-state index in [9.17, 15) is 9.59 Å². The number of piperidine rings is 3. The van der Waals surface area contributed by atoms with Crippen LogP contribution in [0.15, 0.2) is 30.5 Å². The average molecular weight is 414 g/mol. The van der Waals surface area contributed by atoms with Crippen molar-refractivity contribution in [3.8, 4) is 11.1 Å². The highest BCUT2D eigenvalue weighted by molar-refractivity contribution is 5.97. The molecule has 5 rings (SSSR count). The number of amides is 1. The van der Waals surface area contributed by atoms with E-state index in [1.807, 2.05) is 12.1 Å². The number of aromatic nitrogens is 2. The quantitative estimate of drug-likeness (QED) is 0.574. The first-order chi connectivity index (χ1) is 14.5. The number of nitrogens with one attached hydrogen (secondary N) is 1. The van der Waals surface area contributed by atoms with E-state index in [0.717, 1.165) is 25.2 Å². The number of carbonyl (C=O) groups is 3. The normalized spacial score (nSPS) is 21.9. The molecule has 3 aliphatic heterocycles. The van der Waals surface area contributed by atoms with Gasteiger partial charge >= 0.3 is 5.97 Å². The Labute approximate surface area is 174 Å². The number of esters is 1. The lowest BCUT2D eigenvalue weighted by atomic mass is 9.84. The Morgan fingerprint density at radius 2 is 1.87 bits per heavy atom. The number of aryl methyl sites for hydroxylation is 1. The number of benzene rings is 1. The molecule has 0 aliphatic carbocycles. The Morgan fingerprint density at radius 1 is 1.23 bits per heavy atom. The van der Waals surface area contributed by atoms with E-state index in [1.54, 1.807) is 25.4 Å². The van der Waals surface area contributed by atoms with Crippen LogP contribution in [0.1, 0.15) is 33.7 Å². The van der Waals surface area contributed by atoms with Gasteiger partial charge in [-0.25, -0.2) is 4.79 Å². The standard InChI is InChI=1S/C20H24N4O3.CH2O2/c1-23-18(20(26)27-2)16(11-21-23)13-3-5-15(6-4-13)19(25)22-17-12-24-9-7-14(17)8-10-24;2-1-3/h3-6,11,14,17H,7-10,12H2,1-2H3,(H,22,25);1H,(H,2,3). The smallest absolute Gasteiger partial charge is 0.356 e. The third kappa shape index (κ3) is 4.51. The molecule has 9 heteroatoms. The minimum absolute atomic E-state index is 0.0420. The summed E-state index contributed by atoms with van der Waals surface area (Å²) in [5.74, 6) is 0.116. The van der Waals surface area contributed by atoms with Crippen molar-refractivity contribution in [2.24, 2.45) is 13.0 Å². The molecule has 9 nitrogen and oxygen atoms in total. The van der Waals surface area contributed by atoms with Crippen LogP contribution in [-0.2, 0) is 16.6 Å². The van der Waals surface area contributed by atoms with Gasteiger partial charge in [0.25, 0.3) is 12.4 Å². The second-order valence-electron chi connectivity index (χ2n) is 7.42. The van der Waals surface area contributed by atoms with E-state index >= 15 is 0 Å². The molecule has 1 aromatic carbocycles. The predicted molar refractivity (Wildman–Crippen MR) is 109 cm³/mol. The largest absolute Gasteiger partial charge is 0.483 e. The lowest BCUT2D eigenvalue weighted by Gasteiger charge is -2.44. The Hall–Kier alpha value is -3.20. The van der Waals surface area contributed by atoms with E-state index in [4.69, 9.17) is 14.6 Å². The highest BCUT2D eigenvalue weighted by Crippen LogP contribution is 2.28. The summed E-state index contributed by atoms with van der Waals surface area (Å²) in [5, 5.41) is 14.2. The van der Waals surface area contributed by atoms with E-state index in [1.165, 1.54) is 24.6 Å². The molecule has 0 spiro atoms. The maximum Gasteiger partial charge on any atom is 0.356 e. The summed E-state index contributed by atoms with van der Waals surface area (Å²) in [6.07, 6.45) is 3.97. The molecule has 3 saturated heterocycles. The third-order valence-electron chi connectivity index (χ3n) is 5.75. The monoisotopic (exact) mass is 414 g/mol. The van der Waals surface area contributed by atoms with E-state index in [-0.39, 0.29) is 18.4 Å². The number of ether oxygens (including phenoxy) is 1. The zero-order valence-corrected chi connectivity index (χ0v) is 17.1. The molecular weight excluding hydrogens is 388 g/mol. The molecule has 0 saturated carbocycles. The molecule has 160 valence electrons. The van der Waals surface area contributed by atoms with E-state index in [2.05, 4.69) is 15.3 Å². The van der Waals surface area contributed by atoms with Crippen molar-refractivity contribution in [3.05, 3.63) is 41.7 Å². The molecule has 1 aromatic heterocycles. The second-order valence-corrected chi connectivity index (χ2v) is 7.42. The third-order valence-corrected chi connectivity index (χ3v) is 5.75. The van der Waals surface area contributed by atoms with Crippen molar-refractivity contribution < 1.29 is 24.2 Å². The number of hydrogen-bond donors (Lipinski definition) is 2. The Morgan fingerprint density at radius 3 is 2.40 bits per heavy atom. The van der Waals surface area contributed by atoms with Gasteiger partial charge in [-0.15, -0.1) is 0 Å². The van der Waals surface area contributed by atoms with Gasteiger partial charge < -0.3 is 20.1 Å². The Balaban J connectivity index is 0.000000806. The summed E-state index contributed by atoms with van der Waals surface area (Å²) in [6.45, 7) is 3.01. The molecule has 3 fully saturated rings. The molecule has 2 bridgehead atoms. The number of carboxylic acid groups (broad SMARTS) is 1. The SMILES string of the molecule is COC(=O)c1c(-c2ccc(C(=O)NC3CN4CCC3CC4)cc2)cnn1C.O=CO. The lowest BCUT2D eigenvalue weighted by molar-refractivity contribution is -0.122. The van der Waals surface area contributed by atoms with Gasteiger partial charge in [-0.1, -0.05) is 12.1 Å². The van der Waals surface area contributed by atoms with E-state index < -0.39 is 5.97 Å². The lowest BCUT2D eigenvalue weighted by Crippen LogP contribution is -2.57. The van der Waals surface area contributed by atoms with Gasteiger partial charge in [0.05, 0.1) is 13.3 Å². The molecule has 0 radical (unpaired) electrons. The van der Waals surface area contributed by atoms with E-state index in [0.29, 0.717) is 22.7 Å². The van der Waals surface area contributed by atoms with Crippen LogP contribution >= 0.6 is 0 Å². The van der Waals surface area contributed by atoms with Crippen molar-refractivity contribution >= 4 is 18.3 Å². The van der Waals surface area contributed by atoms with Crippen LogP contribution in [0.5, 0.6) is 0 Å². The first-order valence-electron chi connectivity index (χ1n) is 9.80. The highest BCUT2D eigenvalue weighted by atomic mass is 16.5. The van der Waals surface area contributed by atoms with Crippen LogP contribution in [0.4, 0.5) is 0 Å². The summed E-state index contributed by atoms with van der Waals surface area (Å²) >= 11 is 0. The van der Waals surface area contributed by atoms with Crippen LogP contribution in [-0.4, -0.2) is 70.9 Å². The summed E-state index contributed by atoms with van der Waals surface area (Å²) < 4.78 is 6.34. The Bertz CT molecular complexity index is 901. The first-order valence-corrected chi connectivity index (χ1v) is 9.80. The summed E-state index contributed by atoms with van der Waals surface area (Å²) in [5.41, 5.74) is 2.53. The van der Waals surface area contributed by atoms with Crippen LogP contribution in [0.25, 0.3) is 11.1 Å². The molecule has 1 unspecified atom stereocenters. The maximum absolute atomic E-state index is 12.6. The minimum atomic E-state index is -0.436. The maximum atomic E-state index is 12.6. The molecule has 30 heavy (non-hydrogen) atoms. The van der Waals surface area contributed by atoms with Gasteiger partial charge in [0.1, 0.15) is 0 Å². The summed E-state index contributed by atoms with van der Waals surface area (Å²) in [6, 6.07) is 7.51. The zero-order chi connectivity index (χ0) is 21.7. The molecule has 1 atom stereocenters. The van der Waals surface area contributed by atoms with Crippen molar-refractivity contribution in [1.29, 1.82) is 0 Å². The highest BCUT2D eigenvalue weighted by Gasteiger charge is 2.34. The number of rotatable bonds is 4. The fourth-order valence-electron chi connectivity index (χ4n) is 4.17. The van der Waals surface area contributed by atoms with Crippen molar-refractivity contribution in [3.63, 3.8) is 0 Å². The average Bonchev–Trinajstić information content (AvgIpc) is 3.16. The summed E-state index contributed by atoms with van der Waals surface area (Å²) in [4.78, 5) is 35.4. The first kappa shape index (κ1) is 21.5. The van der Waals surface area contributed by atoms with Crippen molar-refractivity contribution in [2.75, 3.05) is 26.7 Å². The zero-order valence-electron chi connectivity index (χ0n) is 17.1. The number of carbonyl (C=O) groups excluding carboxylic acids is 2. The predicted octanol–water partition coefficient (Wildman–Crippen LogP) is 1.40. The fraction of sp³-hybridized carbons (Fsp3) is 0.429. The van der Waals surface area contributed by atoms with Crippen LogP contribution in [0.2, 0.25) is 0 Å². The Kier molecular flexibility index (Phi) is 6.83.